The molecule has 2 atom stereocenters. The molecule has 0 aromatic heterocycles. The standard InChI is InChI=1S/C18H27NO2/c1-13(2)21-17-7-5-16(6-8-17)18(20)12-19-10-14(3)9-15(4)11-19/h5-8,13-15H,9-12H2,1-4H3. The van der Waals surface area contributed by atoms with E-state index in [9.17, 15) is 4.79 Å². The van der Waals surface area contributed by atoms with E-state index < -0.39 is 0 Å². The maximum Gasteiger partial charge on any atom is 0.176 e. The van der Waals surface area contributed by atoms with Crippen molar-refractivity contribution in [2.45, 2.75) is 40.2 Å². The summed E-state index contributed by atoms with van der Waals surface area (Å²) in [6.45, 7) is 11.1. The number of benzene rings is 1. The van der Waals surface area contributed by atoms with Crippen LogP contribution in [0.5, 0.6) is 5.75 Å². The average Bonchev–Trinajstić information content (AvgIpc) is 2.37. The van der Waals surface area contributed by atoms with Gasteiger partial charge in [-0.3, -0.25) is 9.69 Å². The van der Waals surface area contributed by atoms with Gasteiger partial charge in [0.2, 0.25) is 0 Å². The van der Waals surface area contributed by atoms with E-state index in [2.05, 4.69) is 18.7 Å². The molecule has 1 aliphatic rings. The quantitative estimate of drug-likeness (QED) is 0.775. The molecule has 0 N–H and O–H groups in total. The van der Waals surface area contributed by atoms with Gasteiger partial charge in [-0.15, -0.1) is 0 Å². The summed E-state index contributed by atoms with van der Waals surface area (Å²) in [7, 11) is 0. The number of rotatable bonds is 5. The Morgan fingerprint density at radius 1 is 1.19 bits per heavy atom. The predicted molar refractivity (Wildman–Crippen MR) is 85.9 cm³/mol. The molecule has 1 fully saturated rings. The Bertz CT molecular complexity index is 457. The lowest BCUT2D eigenvalue weighted by Crippen LogP contribution is -2.41. The van der Waals surface area contributed by atoms with Crippen molar-refractivity contribution in [2.75, 3.05) is 19.6 Å². The minimum absolute atomic E-state index is 0.155. The van der Waals surface area contributed by atoms with Gasteiger partial charge >= 0.3 is 0 Å². The maximum atomic E-state index is 12.4. The highest BCUT2D eigenvalue weighted by Crippen LogP contribution is 2.21. The smallest absolute Gasteiger partial charge is 0.176 e. The van der Waals surface area contributed by atoms with Gasteiger partial charge in [0.25, 0.3) is 0 Å². The zero-order chi connectivity index (χ0) is 15.4. The van der Waals surface area contributed by atoms with Crippen molar-refractivity contribution in [1.82, 2.24) is 4.90 Å². The molecule has 2 rings (SSSR count). The van der Waals surface area contributed by atoms with E-state index in [1.807, 2.05) is 38.1 Å². The van der Waals surface area contributed by atoms with E-state index >= 15 is 0 Å². The molecule has 0 amide bonds. The first-order chi connectivity index (χ1) is 9.94. The summed E-state index contributed by atoms with van der Waals surface area (Å²) < 4.78 is 5.61. The molecule has 1 aliphatic heterocycles. The molecule has 0 saturated carbocycles. The molecule has 2 unspecified atom stereocenters. The van der Waals surface area contributed by atoms with E-state index in [1.165, 1.54) is 6.42 Å². The fourth-order valence-corrected chi connectivity index (χ4v) is 3.21. The zero-order valence-corrected chi connectivity index (χ0v) is 13.6. The second-order valence-electron chi connectivity index (χ2n) is 6.75. The molecule has 0 spiro atoms. The van der Waals surface area contributed by atoms with Crippen LogP contribution in [0.15, 0.2) is 24.3 Å². The lowest BCUT2D eigenvalue weighted by atomic mass is 9.91. The Balaban J connectivity index is 1.93. The molecule has 1 saturated heterocycles. The van der Waals surface area contributed by atoms with Gasteiger partial charge < -0.3 is 4.74 Å². The van der Waals surface area contributed by atoms with Crippen molar-refractivity contribution >= 4 is 5.78 Å². The summed E-state index contributed by atoms with van der Waals surface area (Å²) in [5.74, 6) is 2.39. The number of ether oxygens (including phenoxy) is 1. The number of carbonyl (C=O) groups excluding carboxylic acids is 1. The fourth-order valence-electron chi connectivity index (χ4n) is 3.21. The van der Waals surface area contributed by atoms with Gasteiger partial charge in [-0.05, 0) is 56.4 Å². The highest BCUT2D eigenvalue weighted by Gasteiger charge is 2.23. The minimum atomic E-state index is 0.155. The van der Waals surface area contributed by atoms with E-state index in [0.717, 1.165) is 24.4 Å². The summed E-state index contributed by atoms with van der Waals surface area (Å²) in [4.78, 5) is 14.7. The van der Waals surface area contributed by atoms with Crippen molar-refractivity contribution in [3.8, 4) is 5.75 Å². The number of hydrogen-bond donors (Lipinski definition) is 0. The monoisotopic (exact) mass is 289 g/mol. The third-order valence-corrected chi connectivity index (χ3v) is 3.86. The lowest BCUT2D eigenvalue weighted by molar-refractivity contribution is 0.0849. The number of ketones is 1. The topological polar surface area (TPSA) is 29.5 Å². The van der Waals surface area contributed by atoms with Gasteiger partial charge in [-0.2, -0.15) is 0 Å². The lowest BCUT2D eigenvalue weighted by Gasteiger charge is -2.34. The van der Waals surface area contributed by atoms with Crippen LogP contribution < -0.4 is 4.74 Å². The highest BCUT2D eigenvalue weighted by atomic mass is 16.5. The Hall–Kier alpha value is -1.35. The molecule has 1 heterocycles. The normalized spacial score (nSPS) is 23.3. The number of likely N-dealkylation sites (tertiary alicyclic amines) is 1. The van der Waals surface area contributed by atoms with Crippen molar-refractivity contribution in [3.63, 3.8) is 0 Å². The second-order valence-corrected chi connectivity index (χ2v) is 6.75. The van der Waals surface area contributed by atoms with Crippen LogP contribution in [0, 0.1) is 11.8 Å². The molecule has 0 bridgehead atoms. The summed E-state index contributed by atoms with van der Waals surface area (Å²) in [5, 5.41) is 0. The van der Waals surface area contributed by atoms with Crippen molar-refractivity contribution < 1.29 is 9.53 Å². The van der Waals surface area contributed by atoms with E-state index in [4.69, 9.17) is 4.74 Å². The zero-order valence-electron chi connectivity index (χ0n) is 13.6. The van der Waals surface area contributed by atoms with Crippen LogP contribution in [0.25, 0.3) is 0 Å². The van der Waals surface area contributed by atoms with E-state index in [1.54, 1.807) is 0 Å². The Kier molecular flexibility index (Phi) is 5.40. The van der Waals surface area contributed by atoms with Crippen LogP contribution in [0.4, 0.5) is 0 Å². The van der Waals surface area contributed by atoms with Crippen LogP contribution in [0.1, 0.15) is 44.5 Å². The van der Waals surface area contributed by atoms with Crippen LogP contribution in [-0.2, 0) is 0 Å². The highest BCUT2D eigenvalue weighted by molar-refractivity contribution is 5.97. The Labute approximate surface area is 128 Å². The van der Waals surface area contributed by atoms with Crippen LogP contribution >= 0.6 is 0 Å². The molecular formula is C18H27NO2. The first-order valence-electron chi connectivity index (χ1n) is 7.96. The summed E-state index contributed by atoms with van der Waals surface area (Å²) in [6.07, 6.45) is 1.43. The predicted octanol–water partition coefficient (Wildman–Crippen LogP) is 3.63. The molecule has 116 valence electrons. The molecule has 3 heteroatoms. The Morgan fingerprint density at radius 2 is 1.76 bits per heavy atom. The fraction of sp³-hybridized carbons (Fsp3) is 0.611. The van der Waals surface area contributed by atoms with E-state index in [0.29, 0.717) is 18.4 Å². The molecule has 0 radical (unpaired) electrons. The first kappa shape index (κ1) is 16.0. The number of piperidine rings is 1. The van der Waals surface area contributed by atoms with Gasteiger partial charge in [-0.25, -0.2) is 0 Å². The van der Waals surface area contributed by atoms with Gasteiger partial charge in [0.1, 0.15) is 5.75 Å². The van der Waals surface area contributed by atoms with Gasteiger partial charge in [0.05, 0.1) is 12.6 Å². The molecule has 1 aromatic carbocycles. The Morgan fingerprint density at radius 3 is 2.29 bits per heavy atom. The first-order valence-corrected chi connectivity index (χ1v) is 7.96. The van der Waals surface area contributed by atoms with E-state index in [-0.39, 0.29) is 11.9 Å². The largest absolute Gasteiger partial charge is 0.491 e. The van der Waals surface area contributed by atoms with Crippen LogP contribution in [0.3, 0.4) is 0 Å². The molecule has 0 aliphatic carbocycles. The van der Waals surface area contributed by atoms with Crippen molar-refractivity contribution in [1.29, 1.82) is 0 Å². The average molecular weight is 289 g/mol. The van der Waals surface area contributed by atoms with Gasteiger partial charge in [0.15, 0.2) is 5.78 Å². The molecule has 3 nitrogen and oxygen atoms in total. The summed E-state index contributed by atoms with van der Waals surface area (Å²) >= 11 is 0. The summed E-state index contributed by atoms with van der Waals surface area (Å²) in [5.41, 5.74) is 0.775. The number of Topliss-reactive ketones (excluding diaryl/α,β-unsaturated/α-hetero) is 1. The number of carbonyl (C=O) groups is 1. The number of nitrogens with zero attached hydrogens (tertiary/aromatic N) is 1. The second kappa shape index (κ2) is 7.08. The van der Waals surface area contributed by atoms with Crippen molar-refractivity contribution in [3.05, 3.63) is 29.8 Å². The SMILES string of the molecule is CC1CC(C)CN(CC(=O)c2ccc(OC(C)C)cc2)C1. The number of hydrogen-bond acceptors (Lipinski definition) is 3. The molecule has 21 heavy (non-hydrogen) atoms. The molecule has 1 aromatic rings. The van der Waals surface area contributed by atoms with Crippen molar-refractivity contribution in [2.24, 2.45) is 11.8 Å². The third-order valence-electron chi connectivity index (χ3n) is 3.86. The van der Waals surface area contributed by atoms with Gasteiger partial charge in [0, 0.05) is 18.7 Å². The van der Waals surface area contributed by atoms with Crippen LogP contribution in [-0.4, -0.2) is 36.4 Å². The van der Waals surface area contributed by atoms with Crippen LogP contribution in [0.2, 0.25) is 0 Å². The minimum Gasteiger partial charge on any atom is -0.491 e. The molecular weight excluding hydrogens is 262 g/mol. The maximum absolute atomic E-state index is 12.4. The third kappa shape index (κ3) is 4.85. The summed E-state index contributed by atoms with van der Waals surface area (Å²) in [6, 6.07) is 7.51. The van der Waals surface area contributed by atoms with Gasteiger partial charge in [-0.1, -0.05) is 13.8 Å².